The fourth-order valence-electron chi connectivity index (χ4n) is 2.20. The summed E-state index contributed by atoms with van der Waals surface area (Å²) in [5, 5.41) is 22.4. The van der Waals surface area contributed by atoms with Crippen LogP contribution in [-0.4, -0.2) is 27.5 Å². The molecule has 0 atom stereocenters. The summed E-state index contributed by atoms with van der Waals surface area (Å²) in [6.07, 6.45) is 17.3. The van der Waals surface area contributed by atoms with Crippen LogP contribution in [0, 0.1) is 5.41 Å². The predicted molar refractivity (Wildman–Crippen MR) is 139 cm³/mol. The minimum atomic E-state index is 0.373. The summed E-state index contributed by atoms with van der Waals surface area (Å²) in [5.74, 6) is 0. The summed E-state index contributed by atoms with van der Waals surface area (Å²) in [6.45, 7) is 13.8. The molecule has 32 heavy (non-hydrogen) atoms. The minimum absolute atomic E-state index is 0.373. The van der Waals surface area contributed by atoms with Crippen LogP contribution in [-0.2, 0) is 6.42 Å². The minimum Gasteiger partial charge on any atom is -0.411 e. The Hall–Kier alpha value is -3.41. The summed E-state index contributed by atoms with van der Waals surface area (Å²) in [6, 6.07) is 6.02. The Morgan fingerprint density at radius 1 is 1.16 bits per heavy atom. The Morgan fingerprint density at radius 2 is 1.81 bits per heavy atom. The van der Waals surface area contributed by atoms with E-state index in [4.69, 9.17) is 10.6 Å². The maximum Gasteiger partial charge on any atom is 0.147 e. The molecule has 0 aliphatic carbocycles. The molecule has 2 rings (SSSR count). The number of nitrogens with zero attached hydrogens (tertiary/aromatic N) is 3. The highest BCUT2D eigenvalue weighted by molar-refractivity contribution is 5.99. The molecule has 0 aliphatic rings. The number of rotatable bonds is 5. The smallest absolute Gasteiger partial charge is 0.147 e. The van der Waals surface area contributed by atoms with E-state index in [1.807, 2.05) is 90.4 Å². The number of hydrogen-bond donors (Lipinski definition) is 3. The van der Waals surface area contributed by atoms with Gasteiger partial charge in [0.25, 0.3) is 0 Å². The normalized spacial score (nSPS) is 10.7. The van der Waals surface area contributed by atoms with Gasteiger partial charge in [0, 0.05) is 36.9 Å². The summed E-state index contributed by atoms with van der Waals surface area (Å²) in [7, 11) is 1.89. The van der Waals surface area contributed by atoms with Crippen LogP contribution in [0.3, 0.4) is 0 Å². The molecule has 0 saturated carbocycles. The lowest BCUT2D eigenvalue weighted by Crippen LogP contribution is -2.13. The van der Waals surface area contributed by atoms with Gasteiger partial charge in [-0.15, -0.1) is 0 Å². The van der Waals surface area contributed by atoms with Crippen LogP contribution in [0.2, 0.25) is 0 Å². The van der Waals surface area contributed by atoms with Crippen molar-refractivity contribution in [2.45, 2.75) is 54.9 Å². The van der Waals surface area contributed by atoms with E-state index in [0.29, 0.717) is 11.2 Å². The fraction of sp³-hybridized carbons (Fsp3) is 0.346. The second kappa shape index (κ2) is 20.8. The molecule has 3 N–H and O–H groups in total. The molecule has 1 heterocycles. The van der Waals surface area contributed by atoms with Crippen LogP contribution >= 0.6 is 0 Å². The number of nitrogens with one attached hydrogen (secondary N) is 2. The van der Waals surface area contributed by atoms with Crippen molar-refractivity contribution in [2.24, 2.45) is 5.16 Å². The van der Waals surface area contributed by atoms with E-state index in [1.54, 1.807) is 23.9 Å². The standard InChI is InChI=1S/C11H16N2O.C9H11N3.C4H8.C2H6/c1-4-9-7-10(12-3)5-6-11(9)8(2)13-14;1-2-3-4-6-12-7-5-11-8-9(12)10;1-3-4-2;1-2/h5-7,12,14H,4H2,1-3H3;2-8,10H,1H3;3-4H,1-2H3;1-2H3/b13-8+;3-2+,6-4+,10-9?;4-3-;. The molecule has 0 fully saturated rings. The Balaban J connectivity index is 0. The molecule has 0 unspecified atom stereocenters. The predicted octanol–water partition coefficient (Wildman–Crippen LogP) is 6.51. The Kier molecular flexibility index (Phi) is 20.1. The first-order valence-electron chi connectivity index (χ1n) is 10.9. The third-order valence-electron chi connectivity index (χ3n) is 3.99. The van der Waals surface area contributed by atoms with Gasteiger partial charge in [-0.05, 0) is 57.9 Å². The summed E-state index contributed by atoms with van der Waals surface area (Å²) in [4.78, 5) is 3.81. The van der Waals surface area contributed by atoms with Crippen LogP contribution in [0.1, 0.15) is 59.6 Å². The van der Waals surface area contributed by atoms with E-state index >= 15 is 0 Å². The third-order valence-corrected chi connectivity index (χ3v) is 3.99. The van der Waals surface area contributed by atoms with Crippen LogP contribution in [0.25, 0.3) is 6.20 Å². The first-order chi connectivity index (χ1) is 15.5. The van der Waals surface area contributed by atoms with Crippen LogP contribution in [0.15, 0.2) is 72.3 Å². The van der Waals surface area contributed by atoms with Crippen molar-refractivity contribution in [3.05, 3.63) is 83.8 Å². The molecule has 1 aromatic carbocycles. The van der Waals surface area contributed by atoms with Gasteiger partial charge in [-0.1, -0.05) is 56.3 Å². The lowest BCUT2D eigenvalue weighted by atomic mass is 10.0. The summed E-state index contributed by atoms with van der Waals surface area (Å²) >= 11 is 0. The van der Waals surface area contributed by atoms with Crippen LogP contribution < -0.4 is 10.8 Å². The molecule has 6 heteroatoms. The van der Waals surface area contributed by atoms with Crippen molar-refractivity contribution in [1.82, 2.24) is 9.55 Å². The summed E-state index contributed by atoms with van der Waals surface area (Å²) < 4.78 is 1.69. The summed E-state index contributed by atoms with van der Waals surface area (Å²) in [5.41, 5.74) is 4.31. The number of anilines is 1. The van der Waals surface area contributed by atoms with Gasteiger partial charge >= 0.3 is 0 Å². The van der Waals surface area contributed by atoms with E-state index in [9.17, 15) is 0 Å². The topological polar surface area (TPSA) is 86.3 Å². The first kappa shape index (κ1) is 30.8. The molecule has 0 amide bonds. The molecule has 176 valence electrons. The van der Waals surface area contributed by atoms with Gasteiger partial charge in [0.15, 0.2) is 0 Å². The van der Waals surface area contributed by atoms with Gasteiger partial charge in [-0.3, -0.25) is 10.4 Å². The van der Waals surface area contributed by atoms with Crippen molar-refractivity contribution >= 4 is 17.6 Å². The number of hydrogen-bond acceptors (Lipinski definition) is 5. The van der Waals surface area contributed by atoms with Gasteiger partial charge < -0.3 is 15.1 Å². The third kappa shape index (κ3) is 13.0. The molecule has 0 bridgehead atoms. The van der Waals surface area contributed by atoms with E-state index in [-0.39, 0.29) is 0 Å². The van der Waals surface area contributed by atoms with Crippen molar-refractivity contribution < 1.29 is 5.21 Å². The largest absolute Gasteiger partial charge is 0.411 e. The second-order valence-corrected chi connectivity index (χ2v) is 6.06. The van der Waals surface area contributed by atoms with Gasteiger partial charge in [0.05, 0.1) is 11.9 Å². The van der Waals surface area contributed by atoms with E-state index in [2.05, 4.69) is 28.4 Å². The van der Waals surface area contributed by atoms with Crippen molar-refractivity contribution in [1.29, 1.82) is 5.41 Å². The highest BCUT2D eigenvalue weighted by atomic mass is 16.4. The van der Waals surface area contributed by atoms with E-state index < -0.39 is 0 Å². The highest BCUT2D eigenvalue weighted by Gasteiger charge is 2.04. The molecule has 0 spiro atoms. The monoisotopic (exact) mass is 439 g/mol. The van der Waals surface area contributed by atoms with Crippen molar-refractivity contribution in [3.8, 4) is 0 Å². The SMILES string of the molecule is C/C=C/C=C/n1ccncc1=N.C/C=C\C.CC.CCc1cc(NC)ccc1/C(C)=N/O. The number of allylic oxidation sites excluding steroid dienone is 5. The quantitative estimate of drug-likeness (QED) is 0.163. The lowest BCUT2D eigenvalue weighted by molar-refractivity contribution is 0.319. The average molecular weight is 440 g/mol. The number of benzene rings is 1. The van der Waals surface area contributed by atoms with Gasteiger partial charge in [0.2, 0.25) is 0 Å². The Labute approximate surface area is 194 Å². The molecular formula is C26H41N5O. The molecular weight excluding hydrogens is 398 g/mol. The molecule has 0 aliphatic heterocycles. The van der Waals surface area contributed by atoms with E-state index in [0.717, 1.165) is 17.7 Å². The fourth-order valence-corrected chi connectivity index (χ4v) is 2.20. The lowest BCUT2D eigenvalue weighted by Gasteiger charge is -2.08. The number of oxime groups is 1. The number of aryl methyl sites for hydroxylation is 1. The van der Waals surface area contributed by atoms with Gasteiger partial charge in [-0.2, -0.15) is 0 Å². The zero-order chi connectivity index (χ0) is 24.8. The average Bonchev–Trinajstić information content (AvgIpc) is 2.86. The molecule has 2 aromatic rings. The van der Waals surface area contributed by atoms with Gasteiger partial charge in [-0.25, -0.2) is 0 Å². The molecule has 0 radical (unpaired) electrons. The maximum atomic E-state index is 8.71. The Bertz CT molecular complexity index is 904. The Morgan fingerprint density at radius 3 is 2.28 bits per heavy atom. The molecule has 1 aromatic heterocycles. The van der Waals surface area contributed by atoms with E-state index in [1.165, 1.54) is 11.8 Å². The highest BCUT2D eigenvalue weighted by Crippen LogP contribution is 2.17. The van der Waals surface area contributed by atoms with Crippen molar-refractivity contribution in [3.63, 3.8) is 0 Å². The second-order valence-electron chi connectivity index (χ2n) is 6.06. The van der Waals surface area contributed by atoms with Crippen LogP contribution in [0.5, 0.6) is 0 Å². The maximum absolute atomic E-state index is 8.71. The molecule has 0 saturated heterocycles. The van der Waals surface area contributed by atoms with Crippen molar-refractivity contribution in [2.75, 3.05) is 12.4 Å². The zero-order valence-electron chi connectivity index (χ0n) is 20.9. The molecule has 6 nitrogen and oxygen atoms in total. The van der Waals surface area contributed by atoms with Gasteiger partial charge in [0.1, 0.15) is 5.49 Å². The van der Waals surface area contributed by atoms with Crippen LogP contribution in [0.4, 0.5) is 5.69 Å². The zero-order valence-corrected chi connectivity index (χ0v) is 20.9. The first-order valence-corrected chi connectivity index (χ1v) is 10.9. The number of aromatic nitrogens is 2.